The van der Waals surface area contributed by atoms with Crippen LogP contribution >= 0.6 is 0 Å². The highest BCUT2D eigenvalue weighted by Gasteiger charge is 2.63. The van der Waals surface area contributed by atoms with Gasteiger partial charge in [-0.25, -0.2) is 0 Å². The molecule has 0 saturated heterocycles. The van der Waals surface area contributed by atoms with Crippen LogP contribution < -0.4 is 0 Å². The predicted octanol–water partition coefficient (Wildman–Crippen LogP) is 10.3. The summed E-state index contributed by atoms with van der Waals surface area (Å²) in [6, 6.07) is 0. The van der Waals surface area contributed by atoms with Crippen LogP contribution in [-0.4, -0.2) is 46.9 Å². The third kappa shape index (κ3) is 6.55. The predicted molar refractivity (Wildman–Crippen MR) is 218 cm³/mol. The van der Waals surface area contributed by atoms with Gasteiger partial charge in [0.2, 0.25) is 0 Å². The number of fused-ring (bicyclic) bond motifs is 10. The second-order valence-electron chi connectivity index (χ2n) is 20.4. The fraction of sp³-hybridized carbons (Fsp3) is 0.833. The van der Waals surface area contributed by atoms with Crippen molar-refractivity contribution in [2.75, 3.05) is 7.11 Å². The van der Waals surface area contributed by atoms with Gasteiger partial charge in [-0.05, 0) is 166 Å². The van der Waals surface area contributed by atoms with Gasteiger partial charge in [-0.1, -0.05) is 74.5 Å². The quantitative estimate of drug-likeness (QED) is 0.274. The second kappa shape index (κ2) is 15.5. The molecule has 6 fully saturated rings. The summed E-state index contributed by atoms with van der Waals surface area (Å²) in [5.74, 6) is 2.56. The summed E-state index contributed by atoms with van der Waals surface area (Å²) in [7, 11) is 1.46. The molecule has 0 radical (unpaired) electrons. The highest BCUT2D eigenvalue weighted by atomic mass is 16.5. The van der Waals surface area contributed by atoms with E-state index in [4.69, 9.17) is 4.74 Å². The van der Waals surface area contributed by atoms with Crippen molar-refractivity contribution in [2.45, 2.75) is 159 Å². The minimum Gasteiger partial charge on any atom is -0.481 e. The number of carbonyl (C=O) groups is 4. The van der Waals surface area contributed by atoms with Gasteiger partial charge in [0, 0.05) is 10.8 Å². The molecule has 6 unspecified atom stereocenters. The average molecular weight is 765 g/mol. The Labute approximate surface area is 333 Å². The van der Waals surface area contributed by atoms with Crippen LogP contribution in [0.5, 0.6) is 0 Å². The summed E-state index contributed by atoms with van der Waals surface area (Å²) in [5.41, 5.74) is 2.14. The Kier molecular flexibility index (Phi) is 12.3. The number of aliphatic hydroxyl groups is 1. The van der Waals surface area contributed by atoms with E-state index in [1.54, 1.807) is 6.92 Å². The molecule has 8 aliphatic carbocycles. The van der Waals surface area contributed by atoms with Crippen molar-refractivity contribution in [3.8, 4) is 0 Å². The van der Waals surface area contributed by atoms with Gasteiger partial charge in [-0.15, -0.1) is 0 Å². The largest absolute Gasteiger partial charge is 0.481 e. The molecule has 6 saturated carbocycles. The standard InChI is InChI=1S/C24H36O3.C22H32O4.2CH4/c1-14-10-11-23(3)16(12-14)6-7-17-19-9-8-18(15(2)22(26)27-5)24(19,4)21(25)13-20(17)23;1-12(20(25)26)16-6-7-17-15-5-4-13-10-14(23)8-9-21(13,2)18(15)11-19(24)22(16,17)3;;/h13-19H,6-12H2,1-5H3;11-17,23H,4-10H2,1-3H3,(H,25,26);2*1H4/t14-,15?,16-,17?,18-,19?,23+,24-;12?,13-,14-,15?,16-,17?,21+,22-;;/m11../s1. The molecule has 8 rings (SSSR count). The van der Waals surface area contributed by atoms with Gasteiger partial charge in [0.05, 0.1) is 25.0 Å². The van der Waals surface area contributed by atoms with Gasteiger partial charge in [0.25, 0.3) is 0 Å². The number of carboxylic acid groups (broad SMARTS) is 1. The summed E-state index contributed by atoms with van der Waals surface area (Å²) in [6.07, 6.45) is 18.9. The maximum Gasteiger partial charge on any atom is 0.308 e. The molecule has 7 nitrogen and oxygen atoms in total. The molecule has 0 bridgehead atoms. The van der Waals surface area contributed by atoms with Crippen LogP contribution in [0.15, 0.2) is 23.3 Å². The van der Waals surface area contributed by atoms with Gasteiger partial charge in [0.15, 0.2) is 11.6 Å². The molecular formula is C48H76O7. The van der Waals surface area contributed by atoms with Gasteiger partial charge in [-0.3, -0.25) is 19.2 Å². The lowest BCUT2D eigenvalue weighted by Gasteiger charge is -2.56. The molecule has 0 spiro atoms. The molecule has 0 aliphatic heterocycles. The number of carboxylic acids is 1. The molecule has 16 atom stereocenters. The van der Waals surface area contributed by atoms with E-state index < -0.39 is 22.7 Å². The lowest BCUT2D eigenvalue weighted by atomic mass is 9.47. The van der Waals surface area contributed by atoms with Gasteiger partial charge in [0.1, 0.15) is 0 Å². The zero-order chi connectivity index (χ0) is 38.4. The number of ether oxygens (including phenoxy) is 1. The van der Waals surface area contributed by atoms with Crippen molar-refractivity contribution in [1.29, 1.82) is 0 Å². The molecule has 0 aromatic heterocycles. The molecule has 310 valence electrons. The lowest BCUT2D eigenvalue weighted by molar-refractivity contribution is -0.150. The molecular weight excluding hydrogens is 689 g/mol. The van der Waals surface area contributed by atoms with Crippen LogP contribution in [0.2, 0.25) is 0 Å². The van der Waals surface area contributed by atoms with Crippen LogP contribution in [-0.2, 0) is 23.9 Å². The summed E-state index contributed by atoms with van der Waals surface area (Å²) in [5, 5.41) is 19.6. The third-order valence-corrected chi connectivity index (χ3v) is 18.4. The van der Waals surface area contributed by atoms with Crippen LogP contribution in [0.1, 0.15) is 153 Å². The Hall–Kier alpha value is -2.28. The maximum absolute atomic E-state index is 13.5. The van der Waals surface area contributed by atoms with Gasteiger partial charge >= 0.3 is 11.9 Å². The van der Waals surface area contributed by atoms with E-state index in [0.29, 0.717) is 23.7 Å². The zero-order valence-electron chi connectivity index (χ0n) is 33.9. The van der Waals surface area contributed by atoms with Crippen LogP contribution in [0.3, 0.4) is 0 Å². The van der Waals surface area contributed by atoms with E-state index in [9.17, 15) is 29.4 Å². The van der Waals surface area contributed by atoms with Crippen molar-refractivity contribution in [3.63, 3.8) is 0 Å². The van der Waals surface area contributed by atoms with Crippen molar-refractivity contribution in [2.24, 2.45) is 86.8 Å². The number of aliphatic carboxylic acids is 1. The number of ketones is 2. The van der Waals surface area contributed by atoms with E-state index in [1.807, 2.05) is 19.9 Å². The molecule has 0 heterocycles. The molecule has 55 heavy (non-hydrogen) atoms. The maximum atomic E-state index is 13.5. The summed E-state index contributed by atoms with van der Waals surface area (Å²) in [4.78, 5) is 50.7. The zero-order valence-corrected chi connectivity index (χ0v) is 33.9. The third-order valence-electron chi connectivity index (χ3n) is 18.4. The number of aliphatic hydroxyl groups excluding tert-OH is 1. The molecule has 0 amide bonds. The molecule has 0 aromatic carbocycles. The Balaban J connectivity index is 0.000000204. The number of hydrogen-bond donors (Lipinski definition) is 2. The van der Waals surface area contributed by atoms with Gasteiger partial charge in [-0.2, -0.15) is 0 Å². The first kappa shape index (κ1) is 43.8. The second-order valence-corrected chi connectivity index (χ2v) is 20.4. The number of methoxy groups -OCH3 is 1. The first-order valence-corrected chi connectivity index (χ1v) is 21.4. The SMILES string of the molecule is C.C.CC(C(=O)O)[C@H]1CCC2C3CC[C@@H]4C[C@H](O)CC[C@]4(C)C3=CC(=O)[C@@]21C.COC(=O)C(C)[C@H]1CCC2C3CC[C@@H]4C[C@H](C)CC[C@]4(C)C3=CC(=O)[C@@]21C. The highest BCUT2D eigenvalue weighted by molar-refractivity contribution is 5.98. The first-order valence-electron chi connectivity index (χ1n) is 21.4. The number of carbonyl (C=O) groups excluding carboxylic acids is 3. The minimum absolute atomic E-state index is 0. The van der Waals surface area contributed by atoms with Crippen molar-refractivity contribution in [3.05, 3.63) is 23.3 Å². The van der Waals surface area contributed by atoms with E-state index in [-0.39, 0.29) is 73.0 Å². The van der Waals surface area contributed by atoms with E-state index in [1.165, 1.54) is 50.4 Å². The van der Waals surface area contributed by atoms with Crippen LogP contribution in [0.4, 0.5) is 0 Å². The van der Waals surface area contributed by atoms with Crippen molar-refractivity contribution < 1.29 is 34.1 Å². The first-order chi connectivity index (χ1) is 24.9. The van der Waals surface area contributed by atoms with Crippen molar-refractivity contribution in [1.82, 2.24) is 0 Å². The fourth-order valence-electron chi connectivity index (χ4n) is 15.0. The van der Waals surface area contributed by atoms with E-state index >= 15 is 0 Å². The Morgan fingerprint density at radius 1 is 0.691 bits per heavy atom. The Bertz CT molecular complexity index is 1580. The number of rotatable bonds is 4. The smallest absolute Gasteiger partial charge is 0.308 e. The van der Waals surface area contributed by atoms with Crippen LogP contribution in [0.25, 0.3) is 0 Å². The molecule has 7 heteroatoms. The number of hydrogen-bond acceptors (Lipinski definition) is 6. The van der Waals surface area contributed by atoms with Crippen molar-refractivity contribution >= 4 is 23.5 Å². The van der Waals surface area contributed by atoms with E-state index in [0.717, 1.165) is 69.6 Å². The topological polar surface area (TPSA) is 118 Å². The summed E-state index contributed by atoms with van der Waals surface area (Å²) < 4.78 is 5.02. The monoisotopic (exact) mass is 765 g/mol. The number of esters is 1. The highest BCUT2D eigenvalue weighted by Crippen LogP contribution is 2.67. The van der Waals surface area contributed by atoms with Gasteiger partial charge < -0.3 is 14.9 Å². The summed E-state index contributed by atoms with van der Waals surface area (Å²) >= 11 is 0. The minimum atomic E-state index is -0.781. The summed E-state index contributed by atoms with van der Waals surface area (Å²) in [6.45, 7) is 15.1. The Morgan fingerprint density at radius 3 is 1.62 bits per heavy atom. The molecule has 0 aromatic rings. The fourth-order valence-corrected chi connectivity index (χ4v) is 15.0. The lowest BCUT2D eigenvalue weighted by Crippen LogP contribution is -2.52. The average Bonchev–Trinajstić information content (AvgIpc) is 3.67. The molecule has 8 aliphatic rings. The van der Waals surface area contributed by atoms with Crippen LogP contribution in [0, 0.1) is 86.8 Å². The Morgan fingerprint density at radius 2 is 1.15 bits per heavy atom. The molecule has 2 N–H and O–H groups in total. The number of allylic oxidation sites excluding steroid dienone is 4. The van der Waals surface area contributed by atoms with E-state index in [2.05, 4.69) is 33.8 Å². The normalized spacial score (nSPS) is 46.3.